The minimum atomic E-state index is -0.527. The summed E-state index contributed by atoms with van der Waals surface area (Å²) in [5.74, 6) is 6.94. The van der Waals surface area contributed by atoms with E-state index in [1.54, 1.807) is 32.9 Å². The standard InChI is InChI=1S/C17H19NO5/c1-17(2,3)23-16(20)18-7-5-4-6-12-8-14-15(22-11-21-14)9-13(12)10-19/h8-10H,5,7,11H2,1-3H3,(H,18,20). The zero-order chi connectivity index (χ0) is 16.9. The van der Waals surface area contributed by atoms with Crippen molar-refractivity contribution >= 4 is 12.4 Å². The first-order valence-electron chi connectivity index (χ1n) is 7.23. The highest BCUT2D eigenvalue weighted by atomic mass is 16.7. The zero-order valence-electron chi connectivity index (χ0n) is 13.4. The van der Waals surface area contributed by atoms with Gasteiger partial charge >= 0.3 is 6.09 Å². The third-order valence-electron chi connectivity index (χ3n) is 2.81. The normalized spacial score (nSPS) is 12.1. The third-order valence-corrected chi connectivity index (χ3v) is 2.81. The summed E-state index contributed by atoms with van der Waals surface area (Å²) in [5, 5.41) is 2.62. The summed E-state index contributed by atoms with van der Waals surface area (Å²) in [6.07, 6.45) is 0.688. The van der Waals surface area contributed by atoms with E-state index in [0.29, 0.717) is 35.6 Å². The maximum Gasteiger partial charge on any atom is 0.407 e. The largest absolute Gasteiger partial charge is 0.454 e. The molecule has 0 atom stereocenters. The number of amides is 1. The number of nitrogens with one attached hydrogen (secondary N) is 1. The lowest BCUT2D eigenvalue weighted by atomic mass is 10.1. The van der Waals surface area contributed by atoms with Crippen LogP contribution in [0.4, 0.5) is 4.79 Å². The van der Waals surface area contributed by atoms with E-state index >= 15 is 0 Å². The molecule has 6 nitrogen and oxygen atoms in total. The minimum Gasteiger partial charge on any atom is -0.454 e. The predicted molar refractivity (Wildman–Crippen MR) is 83.7 cm³/mol. The molecule has 1 aliphatic rings. The van der Waals surface area contributed by atoms with Crippen molar-refractivity contribution in [2.45, 2.75) is 32.8 Å². The van der Waals surface area contributed by atoms with Gasteiger partial charge in [-0.1, -0.05) is 11.8 Å². The van der Waals surface area contributed by atoms with Crippen LogP contribution in [0.2, 0.25) is 0 Å². The van der Waals surface area contributed by atoms with E-state index in [0.717, 1.165) is 6.29 Å². The van der Waals surface area contributed by atoms with Crippen LogP contribution in [0.15, 0.2) is 12.1 Å². The van der Waals surface area contributed by atoms with Gasteiger partial charge in [-0.05, 0) is 26.8 Å². The van der Waals surface area contributed by atoms with Gasteiger partial charge in [-0.15, -0.1) is 0 Å². The fraction of sp³-hybridized carbons (Fsp3) is 0.412. The maximum atomic E-state index is 11.5. The summed E-state index contributed by atoms with van der Waals surface area (Å²) in [7, 11) is 0. The number of hydrogen-bond donors (Lipinski definition) is 1. The van der Waals surface area contributed by atoms with Crippen molar-refractivity contribution in [3.05, 3.63) is 23.3 Å². The van der Waals surface area contributed by atoms with Crippen molar-refractivity contribution < 1.29 is 23.8 Å². The van der Waals surface area contributed by atoms with Crippen LogP contribution in [0, 0.1) is 11.8 Å². The Morgan fingerprint density at radius 3 is 2.70 bits per heavy atom. The molecule has 0 unspecified atom stereocenters. The first-order chi connectivity index (χ1) is 10.9. The average molecular weight is 317 g/mol. The van der Waals surface area contributed by atoms with Crippen molar-refractivity contribution in [2.75, 3.05) is 13.3 Å². The average Bonchev–Trinajstić information content (AvgIpc) is 2.91. The lowest BCUT2D eigenvalue weighted by molar-refractivity contribution is 0.0529. The Morgan fingerprint density at radius 1 is 1.35 bits per heavy atom. The summed E-state index contributed by atoms with van der Waals surface area (Å²) in [5.41, 5.74) is 0.490. The van der Waals surface area contributed by atoms with Crippen LogP contribution in [0.5, 0.6) is 11.5 Å². The Hall–Kier alpha value is -2.68. The van der Waals surface area contributed by atoms with Crippen LogP contribution in [0.25, 0.3) is 0 Å². The Morgan fingerprint density at radius 2 is 2.04 bits per heavy atom. The van der Waals surface area contributed by atoms with Gasteiger partial charge in [-0.2, -0.15) is 0 Å². The fourth-order valence-electron chi connectivity index (χ4n) is 1.86. The molecule has 0 saturated heterocycles. The van der Waals surface area contributed by atoms with Gasteiger partial charge in [0, 0.05) is 30.2 Å². The Balaban J connectivity index is 1.90. The molecule has 0 fully saturated rings. The molecule has 0 bridgehead atoms. The molecule has 2 rings (SSSR count). The second-order valence-electron chi connectivity index (χ2n) is 5.89. The van der Waals surface area contributed by atoms with Crippen molar-refractivity contribution in [1.29, 1.82) is 0 Å². The summed E-state index contributed by atoms with van der Waals surface area (Å²) < 4.78 is 15.6. The third kappa shape index (κ3) is 4.92. The first-order valence-corrected chi connectivity index (χ1v) is 7.23. The minimum absolute atomic E-state index is 0.143. The maximum absolute atomic E-state index is 11.5. The fourth-order valence-corrected chi connectivity index (χ4v) is 1.86. The highest BCUT2D eigenvalue weighted by Crippen LogP contribution is 2.34. The van der Waals surface area contributed by atoms with Crippen LogP contribution >= 0.6 is 0 Å². The quantitative estimate of drug-likeness (QED) is 0.527. The molecule has 0 aromatic heterocycles. The molecule has 6 heteroatoms. The number of carbonyl (C=O) groups excluding carboxylic acids is 2. The molecule has 1 heterocycles. The van der Waals surface area contributed by atoms with E-state index in [1.807, 2.05) is 0 Å². The molecule has 0 aliphatic carbocycles. The molecule has 1 amide bonds. The lowest BCUT2D eigenvalue weighted by Crippen LogP contribution is -2.32. The van der Waals surface area contributed by atoms with Crippen LogP contribution in [0.3, 0.4) is 0 Å². The zero-order valence-corrected chi connectivity index (χ0v) is 13.4. The van der Waals surface area contributed by atoms with Crippen molar-refractivity contribution in [3.63, 3.8) is 0 Å². The highest BCUT2D eigenvalue weighted by molar-refractivity contribution is 5.81. The lowest BCUT2D eigenvalue weighted by Gasteiger charge is -2.19. The van der Waals surface area contributed by atoms with E-state index in [2.05, 4.69) is 17.2 Å². The number of alkyl carbamates (subject to hydrolysis) is 1. The van der Waals surface area contributed by atoms with Gasteiger partial charge in [0.1, 0.15) is 5.60 Å². The molecule has 0 saturated carbocycles. The topological polar surface area (TPSA) is 73.9 Å². The van der Waals surface area contributed by atoms with E-state index < -0.39 is 11.7 Å². The van der Waals surface area contributed by atoms with Gasteiger partial charge in [0.25, 0.3) is 0 Å². The SMILES string of the molecule is CC(C)(C)OC(=O)NCCC#Cc1cc2c(cc1C=O)OCO2. The highest BCUT2D eigenvalue weighted by Gasteiger charge is 2.16. The van der Waals surface area contributed by atoms with Gasteiger partial charge < -0.3 is 19.5 Å². The summed E-state index contributed by atoms with van der Waals surface area (Å²) in [6.45, 7) is 5.90. The molecule has 1 N–H and O–H groups in total. The second kappa shape index (κ2) is 7.05. The number of benzene rings is 1. The first kappa shape index (κ1) is 16.7. The van der Waals surface area contributed by atoms with Crippen LogP contribution in [0.1, 0.15) is 43.1 Å². The van der Waals surface area contributed by atoms with Crippen LogP contribution in [-0.2, 0) is 4.74 Å². The molecule has 1 aromatic carbocycles. The monoisotopic (exact) mass is 317 g/mol. The summed E-state index contributed by atoms with van der Waals surface area (Å²) in [4.78, 5) is 22.6. The van der Waals surface area contributed by atoms with E-state index in [9.17, 15) is 9.59 Å². The number of hydrogen-bond acceptors (Lipinski definition) is 5. The number of fused-ring (bicyclic) bond motifs is 1. The van der Waals surface area contributed by atoms with E-state index in [4.69, 9.17) is 14.2 Å². The smallest absolute Gasteiger partial charge is 0.407 e. The molecule has 1 aliphatic heterocycles. The molecule has 1 aromatic rings. The number of carbonyl (C=O) groups is 2. The van der Waals surface area contributed by atoms with E-state index in [-0.39, 0.29) is 6.79 Å². The molecule has 0 radical (unpaired) electrons. The van der Waals surface area contributed by atoms with Gasteiger partial charge in [0.15, 0.2) is 17.8 Å². The molecule has 23 heavy (non-hydrogen) atoms. The number of rotatable bonds is 3. The van der Waals surface area contributed by atoms with Crippen molar-refractivity contribution in [2.24, 2.45) is 0 Å². The predicted octanol–water partition coefficient (Wildman–Crippen LogP) is 2.49. The van der Waals surface area contributed by atoms with Gasteiger partial charge in [0.05, 0.1) is 0 Å². The Bertz CT molecular complexity index is 664. The summed E-state index contributed by atoms with van der Waals surface area (Å²) >= 11 is 0. The Kier molecular flexibility index (Phi) is 5.12. The number of aldehydes is 1. The second-order valence-corrected chi connectivity index (χ2v) is 5.89. The van der Waals surface area contributed by atoms with Crippen molar-refractivity contribution in [3.8, 4) is 23.3 Å². The van der Waals surface area contributed by atoms with Gasteiger partial charge in [0.2, 0.25) is 6.79 Å². The Labute approximate surface area is 135 Å². The summed E-state index contributed by atoms with van der Waals surface area (Å²) in [6, 6.07) is 3.29. The van der Waals surface area contributed by atoms with Gasteiger partial charge in [-0.25, -0.2) is 4.79 Å². The van der Waals surface area contributed by atoms with Crippen LogP contribution < -0.4 is 14.8 Å². The molecule has 122 valence electrons. The molecule has 0 spiro atoms. The molecular weight excluding hydrogens is 298 g/mol. The molecular formula is C17H19NO5. The van der Waals surface area contributed by atoms with Crippen molar-refractivity contribution in [1.82, 2.24) is 5.32 Å². The number of ether oxygens (including phenoxy) is 3. The van der Waals surface area contributed by atoms with E-state index in [1.165, 1.54) is 0 Å². The van der Waals surface area contributed by atoms with Gasteiger partial charge in [-0.3, -0.25) is 4.79 Å². The van der Waals surface area contributed by atoms with Crippen LogP contribution in [-0.4, -0.2) is 31.3 Å².